The smallest absolute Gasteiger partial charge is 0.0841 e. The maximum atomic E-state index is 5.91. The summed E-state index contributed by atoms with van der Waals surface area (Å²) < 4.78 is 2.07. The summed E-state index contributed by atoms with van der Waals surface area (Å²) in [6, 6.07) is 8.42. The first-order chi connectivity index (χ1) is 9.63. The van der Waals surface area contributed by atoms with E-state index in [4.69, 9.17) is 16.7 Å². The van der Waals surface area contributed by atoms with Gasteiger partial charge in [-0.05, 0) is 32.8 Å². The predicted octanol–water partition coefficient (Wildman–Crippen LogP) is 3.94. The summed E-state index contributed by atoms with van der Waals surface area (Å²) in [5.41, 5.74) is 2.41. The highest BCUT2D eigenvalue weighted by atomic mass is 35.5. The molecular weight excluding hydrogens is 270 g/mol. The Morgan fingerprint density at radius 3 is 2.70 bits per heavy atom. The van der Waals surface area contributed by atoms with Crippen molar-refractivity contribution in [3.8, 4) is 0 Å². The normalized spacial score (nSPS) is 14.6. The Kier molecular flexibility index (Phi) is 5.06. The van der Waals surface area contributed by atoms with Crippen LogP contribution in [0.1, 0.15) is 39.3 Å². The van der Waals surface area contributed by atoms with Crippen LogP contribution >= 0.6 is 11.6 Å². The third-order valence-corrected chi connectivity index (χ3v) is 4.33. The number of nitrogens with one attached hydrogen (secondary N) is 1. The molecule has 0 aliphatic heterocycles. The van der Waals surface area contributed by atoms with Gasteiger partial charge in [0.15, 0.2) is 0 Å². The number of hydrogen-bond donors (Lipinski definition) is 1. The van der Waals surface area contributed by atoms with Crippen molar-refractivity contribution in [1.29, 1.82) is 0 Å². The van der Waals surface area contributed by atoms with Crippen molar-refractivity contribution in [3.63, 3.8) is 0 Å². The van der Waals surface area contributed by atoms with E-state index in [-0.39, 0.29) is 5.54 Å². The Morgan fingerprint density at radius 2 is 2.05 bits per heavy atom. The highest BCUT2D eigenvalue weighted by molar-refractivity contribution is 6.17. The van der Waals surface area contributed by atoms with Gasteiger partial charge in [0.25, 0.3) is 0 Å². The molecule has 2 rings (SSSR count). The van der Waals surface area contributed by atoms with E-state index in [2.05, 4.69) is 55.0 Å². The molecule has 0 aliphatic rings. The zero-order chi connectivity index (χ0) is 14.6. The summed E-state index contributed by atoms with van der Waals surface area (Å²) in [5.74, 6) is 0.682. The van der Waals surface area contributed by atoms with Crippen LogP contribution in [0, 0.1) is 0 Å². The average molecular weight is 294 g/mol. The summed E-state index contributed by atoms with van der Waals surface area (Å²) in [6.07, 6.45) is 2.03. The summed E-state index contributed by atoms with van der Waals surface area (Å²) in [7, 11) is 0. The number of aryl methyl sites for hydroxylation is 1. The lowest BCUT2D eigenvalue weighted by molar-refractivity contribution is 0.329. The molecule has 0 amide bonds. The fourth-order valence-electron chi connectivity index (χ4n) is 2.46. The predicted molar refractivity (Wildman–Crippen MR) is 86.3 cm³/mol. The van der Waals surface area contributed by atoms with Crippen LogP contribution in [0.15, 0.2) is 24.3 Å². The molecule has 1 aromatic heterocycles. The first-order valence-corrected chi connectivity index (χ1v) is 7.92. The molecule has 1 unspecified atom stereocenters. The Bertz CT molecular complexity index is 564. The summed E-state index contributed by atoms with van der Waals surface area (Å²) in [5, 5.41) is 9.60. The molecule has 110 valence electrons. The Balaban J connectivity index is 2.21. The highest BCUT2D eigenvalue weighted by Crippen LogP contribution is 2.21. The largest absolute Gasteiger partial charge is 0.306 e. The second-order valence-electron chi connectivity index (χ2n) is 5.49. The highest BCUT2D eigenvalue weighted by Gasteiger charge is 2.21. The van der Waals surface area contributed by atoms with Gasteiger partial charge in [-0.25, -0.2) is 0 Å². The third kappa shape index (κ3) is 3.15. The number of rotatable bonds is 7. The Labute approximate surface area is 126 Å². The zero-order valence-electron chi connectivity index (χ0n) is 12.6. The molecule has 0 fully saturated rings. The Hall–Kier alpha value is -1.06. The van der Waals surface area contributed by atoms with E-state index in [1.54, 1.807) is 0 Å². The van der Waals surface area contributed by atoms with E-state index < -0.39 is 0 Å². The summed E-state index contributed by atoms with van der Waals surface area (Å²) in [6.45, 7) is 8.24. The lowest BCUT2D eigenvalue weighted by atomic mass is 9.95. The number of para-hydroxylation sites is 1. The molecule has 3 nitrogen and oxygen atoms in total. The quantitative estimate of drug-likeness (QED) is 0.784. The van der Waals surface area contributed by atoms with Gasteiger partial charge in [-0.1, -0.05) is 25.1 Å². The van der Waals surface area contributed by atoms with Crippen LogP contribution in [0.4, 0.5) is 0 Å². The van der Waals surface area contributed by atoms with Crippen molar-refractivity contribution in [2.45, 2.75) is 52.2 Å². The molecule has 0 saturated carbocycles. The lowest BCUT2D eigenvalue weighted by Crippen LogP contribution is -2.41. The molecule has 20 heavy (non-hydrogen) atoms. The van der Waals surface area contributed by atoms with E-state index in [0.29, 0.717) is 5.88 Å². The molecule has 0 bridgehead atoms. The standard InChI is InChI=1S/C16H24ClN3/c1-4-16(3,10-11-17)18-12-14-13-8-6-7-9-15(13)20(5-2)19-14/h6-9,18H,4-5,10-12H2,1-3H3. The molecule has 0 saturated heterocycles. The van der Waals surface area contributed by atoms with Gasteiger partial charge in [0, 0.05) is 29.9 Å². The van der Waals surface area contributed by atoms with Gasteiger partial charge in [-0.2, -0.15) is 5.10 Å². The minimum atomic E-state index is 0.0822. The lowest BCUT2D eigenvalue weighted by Gasteiger charge is -2.28. The van der Waals surface area contributed by atoms with Crippen molar-refractivity contribution in [2.75, 3.05) is 5.88 Å². The van der Waals surface area contributed by atoms with E-state index in [1.807, 2.05) is 0 Å². The molecule has 1 heterocycles. The number of aromatic nitrogens is 2. The van der Waals surface area contributed by atoms with Crippen LogP contribution in [0.2, 0.25) is 0 Å². The van der Waals surface area contributed by atoms with Crippen molar-refractivity contribution in [1.82, 2.24) is 15.1 Å². The van der Waals surface area contributed by atoms with Crippen molar-refractivity contribution in [2.24, 2.45) is 0 Å². The first kappa shape index (κ1) is 15.3. The minimum absolute atomic E-state index is 0.0822. The SMILES string of the molecule is CCn1nc(CNC(C)(CC)CCCl)c2ccccc21. The molecule has 1 atom stereocenters. The van der Waals surface area contributed by atoms with Gasteiger partial charge < -0.3 is 5.32 Å². The van der Waals surface area contributed by atoms with Gasteiger partial charge in [0.05, 0.1) is 11.2 Å². The van der Waals surface area contributed by atoms with E-state index in [0.717, 1.165) is 31.6 Å². The molecule has 0 aliphatic carbocycles. The maximum absolute atomic E-state index is 5.91. The van der Waals surface area contributed by atoms with Gasteiger partial charge in [-0.3, -0.25) is 4.68 Å². The minimum Gasteiger partial charge on any atom is -0.306 e. The van der Waals surface area contributed by atoms with Crippen LogP contribution in [-0.4, -0.2) is 21.2 Å². The van der Waals surface area contributed by atoms with Crippen molar-refractivity contribution in [3.05, 3.63) is 30.0 Å². The number of fused-ring (bicyclic) bond motifs is 1. The molecule has 2 aromatic rings. The van der Waals surface area contributed by atoms with Crippen LogP contribution in [0.5, 0.6) is 0 Å². The first-order valence-electron chi connectivity index (χ1n) is 7.39. The number of hydrogen-bond acceptors (Lipinski definition) is 2. The van der Waals surface area contributed by atoms with Crippen LogP contribution < -0.4 is 5.32 Å². The van der Waals surface area contributed by atoms with Crippen molar-refractivity contribution >= 4 is 22.5 Å². The molecular formula is C16H24ClN3. The van der Waals surface area contributed by atoms with E-state index >= 15 is 0 Å². The van der Waals surface area contributed by atoms with Gasteiger partial charge in [0.2, 0.25) is 0 Å². The zero-order valence-corrected chi connectivity index (χ0v) is 13.4. The average Bonchev–Trinajstić information content (AvgIpc) is 2.84. The molecule has 1 N–H and O–H groups in total. The van der Waals surface area contributed by atoms with E-state index in [1.165, 1.54) is 10.9 Å². The second kappa shape index (κ2) is 6.59. The number of alkyl halides is 1. The maximum Gasteiger partial charge on any atom is 0.0841 e. The number of halogens is 1. The number of benzene rings is 1. The van der Waals surface area contributed by atoms with Crippen LogP contribution in [-0.2, 0) is 13.1 Å². The molecule has 0 radical (unpaired) electrons. The van der Waals surface area contributed by atoms with Crippen molar-refractivity contribution < 1.29 is 0 Å². The van der Waals surface area contributed by atoms with Gasteiger partial charge in [-0.15, -0.1) is 11.6 Å². The fraction of sp³-hybridized carbons (Fsp3) is 0.562. The number of nitrogens with zero attached hydrogens (tertiary/aromatic N) is 2. The molecule has 0 spiro atoms. The third-order valence-electron chi connectivity index (χ3n) is 4.14. The van der Waals surface area contributed by atoms with Gasteiger partial charge in [0.1, 0.15) is 0 Å². The van der Waals surface area contributed by atoms with E-state index in [9.17, 15) is 0 Å². The topological polar surface area (TPSA) is 29.9 Å². The monoisotopic (exact) mass is 293 g/mol. The molecule has 1 aromatic carbocycles. The Morgan fingerprint density at radius 1 is 1.30 bits per heavy atom. The second-order valence-corrected chi connectivity index (χ2v) is 5.86. The van der Waals surface area contributed by atoms with Crippen LogP contribution in [0.25, 0.3) is 10.9 Å². The summed E-state index contributed by atoms with van der Waals surface area (Å²) in [4.78, 5) is 0. The summed E-state index contributed by atoms with van der Waals surface area (Å²) >= 11 is 5.91. The van der Waals surface area contributed by atoms with Crippen LogP contribution in [0.3, 0.4) is 0 Å². The van der Waals surface area contributed by atoms with Gasteiger partial charge >= 0.3 is 0 Å². The molecule has 4 heteroatoms. The fourth-order valence-corrected chi connectivity index (χ4v) is 2.88.